The lowest BCUT2D eigenvalue weighted by molar-refractivity contribution is -0.142. The molecule has 0 saturated heterocycles. The minimum absolute atomic E-state index is 0.139. The molecule has 4 N–H and O–H groups in total. The van der Waals surface area contributed by atoms with E-state index >= 15 is 0 Å². The number of carbonyl (C=O) groups is 1. The molecule has 5 nitrogen and oxygen atoms in total. The number of carboxylic acid groups (broad SMARTS) is 1. The van der Waals surface area contributed by atoms with Crippen LogP contribution in [0.15, 0.2) is 18.2 Å². The molecule has 0 bridgehead atoms. The van der Waals surface area contributed by atoms with Crippen LogP contribution >= 0.6 is 0 Å². The molecule has 0 aliphatic rings. The molecule has 5 heteroatoms. The van der Waals surface area contributed by atoms with Crippen LogP contribution in [-0.2, 0) is 11.2 Å². The Kier molecular flexibility index (Phi) is 3.65. The number of carboxylic acids is 1. The Hall–Kier alpha value is -1.59. The standard InChI is InChI=1S/C10H13NO4/c1-6-4-8(12)3-2-7(6)5-9(11-15)10(13)14/h2-4,9,11-12,15H,5H2,1H3,(H,13,14). The predicted molar refractivity (Wildman–Crippen MR) is 52.9 cm³/mol. The van der Waals surface area contributed by atoms with Crippen LogP contribution < -0.4 is 5.48 Å². The number of aliphatic carboxylic acids is 1. The third kappa shape index (κ3) is 2.93. The summed E-state index contributed by atoms with van der Waals surface area (Å²) in [6.45, 7) is 1.77. The van der Waals surface area contributed by atoms with Gasteiger partial charge in [-0.15, -0.1) is 0 Å². The summed E-state index contributed by atoms with van der Waals surface area (Å²) in [5, 5.41) is 26.5. The van der Waals surface area contributed by atoms with E-state index in [-0.39, 0.29) is 12.2 Å². The van der Waals surface area contributed by atoms with Crippen molar-refractivity contribution in [2.24, 2.45) is 0 Å². The topological polar surface area (TPSA) is 89.8 Å². The van der Waals surface area contributed by atoms with Crippen molar-refractivity contribution in [2.45, 2.75) is 19.4 Å². The van der Waals surface area contributed by atoms with Gasteiger partial charge in [-0.1, -0.05) is 6.07 Å². The lowest BCUT2D eigenvalue weighted by atomic mass is 10.0. The number of hydroxylamine groups is 1. The van der Waals surface area contributed by atoms with Crippen LogP contribution in [0.5, 0.6) is 5.75 Å². The number of rotatable bonds is 4. The Morgan fingerprint density at radius 2 is 2.20 bits per heavy atom. The minimum Gasteiger partial charge on any atom is -0.508 e. The lowest BCUT2D eigenvalue weighted by Gasteiger charge is -2.12. The smallest absolute Gasteiger partial charge is 0.323 e. The molecular weight excluding hydrogens is 198 g/mol. The molecule has 0 aromatic heterocycles. The number of hydrogen-bond donors (Lipinski definition) is 4. The van der Waals surface area contributed by atoms with E-state index in [1.165, 1.54) is 6.07 Å². The molecule has 1 aromatic carbocycles. The van der Waals surface area contributed by atoms with Crippen molar-refractivity contribution in [3.8, 4) is 5.75 Å². The number of phenols is 1. The number of aryl methyl sites for hydroxylation is 1. The second-order valence-corrected chi connectivity index (χ2v) is 3.33. The van der Waals surface area contributed by atoms with Gasteiger partial charge >= 0.3 is 5.97 Å². The number of hydrogen-bond acceptors (Lipinski definition) is 4. The van der Waals surface area contributed by atoms with Gasteiger partial charge in [-0.25, -0.2) is 0 Å². The van der Waals surface area contributed by atoms with Crippen LogP contribution in [0.3, 0.4) is 0 Å². The quantitative estimate of drug-likeness (QED) is 0.550. The zero-order valence-corrected chi connectivity index (χ0v) is 8.27. The highest BCUT2D eigenvalue weighted by Crippen LogP contribution is 2.17. The summed E-state index contributed by atoms with van der Waals surface area (Å²) in [4.78, 5) is 10.6. The Balaban J connectivity index is 2.84. The van der Waals surface area contributed by atoms with Crippen molar-refractivity contribution in [1.82, 2.24) is 5.48 Å². The van der Waals surface area contributed by atoms with E-state index in [1.54, 1.807) is 24.5 Å². The normalized spacial score (nSPS) is 12.4. The van der Waals surface area contributed by atoms with E-state index in [9.17, 15) is 4.79 Å². The van der Waals surface area contributed by atoms with Crippen molar-refractivity contribution < 1.29 is 20.2 Å². The van der Waals surface area contributed by atoms with E-state index in [0.29, 0.717) is 0 Å². The van der Waals surface area contributed by atoms with E-state index < -0.39 is 12.0 Å². The summed E-state index contributed by atoms with van der Waals surface area (Å²) in [5.74, 6) is -0.981. The maximum atomic E-state index is 10.6. The molecule has 15 heavy (non-hydrogen) atoms. The Bertz CT molecular complexity index is 364. The largest absolute Gasteiger partial charge is 0.508 e. The van der Waals surface area contributed by atoms with Gasteiger partial charge < -0.3 is 15.4 Å². The van der Waals surface area contributed by atoms with Gasteiger partial charge in [-0.2, -0.15) is 5.48 Å². The van der Waals surface area contributed by atoms with Gasteiger partial charge in [0.1, 0.15) is 11.8 Å². The molecule has 0 aliphatic heterocycles. The summed E-state index contributed by atoms with van der Waals surface area (Å²) >= 11 is 0. The second-order valence-electron chi connectivity index (χ2n) is 3.33. The zero-order valence-electron chi connectivity index (χ0n) is 8.27. The molecule has 0 aliphatic carbocycles. The van der Waals surface area contributed by atoms with Crippen LogP contribution in [-0.4, -0.2) is 27.4 Å². The molecule has 1 aromatic rings. The Morgan fingerprint density at radius 1 is 1.53 bits per heavy atom. The average molecular weight is 211 g/mol. The maximum absolute atomic E-state index is 10.6. The first kappa shape index (κ1) is 11.5. The van der Waals surface area contributed by atoms with Gasteiger partial charge in [-0.05, 0) is 30.2 Å². The fourth-order valence-corrected chi connectivity index (χ4v) is 1.32. The summed E-state index contributed by atoms with van der Waals surface area (Å²) in [6.07, 6.45) is 0.165. The fraction of sp³-hybridized carbons (Fsp3) is 0.300. The van der Waals surface area contributed by atoms with Crippen LogP contribution in [0.2, 0.25) is 0 Å². The molecule has 0 saturated carbocycles. The molecular formula is C10H13NO4. The monoisotopic (exact) mass is 211 g/mol. The van der Waals surface area contributed by atoms with Gasteiger partial charge in [0.2, 0.25) is 0 Å². The van der Waals surface area contributed by atoms with Crippen molar-refractivity contribution in [1.29, 1.82) is 0 Å². The van der Waals surface area contributed by atoms with Crippen molar-refractivity contribution >= 4 is 5.97 Å². The minimum atomic E-state index is -1.12. The number of nitrogens with one attached hydrogen (secondary N) is 1. The van der Waals surface area contributed by atoms with E-state index in [0.717, 1.165) is 11.1 Å². The van der Waals surface area contributed by atoms with Crippen LogP contribution in [0.1, 0.15) is 11.1 Å². The average Bonchev–Trinajstić information content (AvgIpc) is 2.16. The van der Waals surface area contributed by atoms with Gasteiger partial charge in [0.05, 0.1) is 0 Å². The van der Waals surface area contributed by atoms with Crippen molar-refractivity contribution in [3.05, 3.63) is 29.3 Å². The number of benzene rings is 1. The molecule has 82 valence electrons. The van der Waals surface area contributed by atoms with Crippen LogP contribution in [0, 0.1) is 6.92 Å². The number of phenolic OH excluding ortho intramolecular Hbond substituents is 1. The van der Waals surface area contributed by atoms with Gasteiger partial charge in [0, 0.05) is 6.42 Å². The van der Waals surface area contributed by atoms with Crippen molar-refractivity contribution in [2.75, 3.05) is 0 Å². The molecule has 0 spiro atoms. The highest BCUT2D eigenvalue weighted by atomic mass is 16.5. The summed E-state index contributed by atoms with van der Waals surface area (Å²) in [6, 6.07) is 3.63. The second kappa shape index (κ2) is 4.77. The van der Waals surface area contributed by atoms with Crippen LogP contribution in [0.4, 0.5) is 0 Å². The van der Waals surface area contributed by atoms with Crippen LogP contribution in [0.25, 0.3) is 0 Å². The highest BCUT2D eigenvalue weighted by molar-refractivity contribution is 5.73. The molecule has 1 atom stereocenters. The first-order valence-corrected chi connectivity index (χ1v) is 4.45. The first-order chi connectivity index (χ1) is 7.04. The van der Waals surface area contributed by atoms with E-state index in [2.05, 4.69) is 0 Å². The lowest BCUT2D eigenvalue weighted by Crippen LogP contribution is -2.36. The van der Waals surface area contributed by atoms with Gasteiger partial charge in [0.25, 0.3) is 0 Å². The Labute approximate surface area is 86.9 Å². The zero-order chi connectivity index (χ0) is 11.4. The Morgan fingerprint density at radius 3 is 2.67 bits per heavy atom. The molecule has 1 unspecified atom stereocenters. The first-order valence-electron chi connectivity index (χ1n) is 4.45. The van der Waals surface area contributed by atoms with Crippen molar-refractivity contribution in [3.63, 3.8) is 0 Å². The molecule has 0 radical (unpaired) electrons. The third-order valence-corrected chi connectivity index (χ3v) is 2.20. The third-order valence-electron chi connectivity index (χ3n) is 2.20. The number of aromatic hydroxyl groups is 1. The molecule has 0 amide bonds. The van der Waals surface area contributed by atoms with Gasteiger partial charge in [0.15, 0.2) is 0 Å². The molecule has 0 heterocycles. The maximum Gasteiger partial charge on any atom is 0.323 e. The SMILES string of the molecule is Cc1cc(O)ccc1CC(NO)C(=O)O. The molecule has 0 fully saturated rings. The predicted octanol–water partition coefficient (Wildman–Crippen LogP) is 0.675. The molecule has 1 rings (SSSR count). The summed E-state index contributed by atoms with van der Waals surface area (Å²) in [7, 11) is 0. The van der Waals surface area contributed by atoms with E-state index in [1.807, 2.05) is 0 Å². The summed E-state index contributed by atoms with van der Waals surface area (Å²) in [5.41, 5.74) is 3.28. The summed E-state index contributed by atoms with van der Waals surface area (Å²) < 4.78 is 0. The highest BCUT2D eigenvalue weighted by Gasteiger charge is 2.17. The van der Waals surface area contributed by atoms with Gasteiger partial charge in [-0.3, -0.25) is 4.79 Å². The fourth-order valence-electron chi connectivity index (χ4n) is 1.32. The van der Waals surface area contributed by atoms with E-state index in [4.69, 9.17) is 15.4 Å².